The highest BCUT2D eigenvalue weighted by molar-refractivity contribution is 8.00. The lowest BCUT2D eigenvalue weighted by Crippen LogP contribution is -2.54. The lowest BCUT2D eigenvalue weighted by molar-refractivity contribution is -0.137. The molecule has 20 heavy (non-hydrogen) atoms. The summed E-state index contributed by atoms with van der Waals surface area (Å²) in [5.74, 6) is 0.0695. The molecule has 1 rings (SSSR count). The van der Waals surface area contributed by atoms with E-state index >= 15 is 0 Å². The Morgan fingerprint density at radius 1 is 1.45 bits per heavy atom. The predicted octanol–water partition coefficient (Wildman–Crippen LogP) is 0.323. The molecule has 116 valence electrons. The number of sulfone groups is 1. The second-order valence-electron chi connectivity index (χ2n) is 4.56. The quantitative estimate of drug-likeness (QED) is 0.783. The molecule has 1 saturated heterocycles. The van der Waals surface area contributed by atoms with Gasteiger partial charge in [-0.25, -0.2) is 13.2 Å². The summed E-state index contributed by atoms with van der Waals surface area (Å²) in [4.78, 5) is 25.7. The molecule has 1 N–H and O–H groups in total. The Hall–Kier alpha value is -0.960. The molecule has 1 aliphatic rings. The van der Waals surface area contributed by atoms with Gasteiger partial charge in [-0.1, -0.05) is 0 Å². The number of carbonyl (C=O) groups is 2. The van der Waals surface area contributed by atoms with Crippen LogP contribution in [0.4, 0.5) is 4.79 Å². The van der Waals surface area contributed by atoms with E-state index in [4.69, 9.17) is 5.11 Å². The zero-order chi connectivity index (χ0) is 15.3. The first-order chi connectivity index (χ1) is 9.27. The van der Waals surface area contributed by atoms with Gasteiger partial charge in [0.2, 0.25) is 0 Å². The number of carboxylic acid groups (broad SMARTS) is 1. The molecule has 1 unspecified atom stereocenters. The maximum atomic E-state index is 12.4. The van der Waals surface area contributed by atoms with Gasteiger partial charge in [0.05, 0.1) is 6.42 Å². The fraction of sp³-hybridized carbons (Fsp3) is 0.818. The molecule has 1 fully saturated rings. The first-order valence-electron chi connectivity index (χ1n) is 6.31. The van der Waals surface area contributed by atoms with E-state index in [1.54, 1.807) is 6.92 Å². The number of carbonyl (C=O) groups excluding carboxylic acids is 1. The first-order valence-corrected chi connectivity index (χ1v) is 9.42. The van der Waals surface area contributed by atoms with Crippen molar-refractivity contribution < 1.29 is 23.1 Å². The van der Waals surface area contributed by atoms with Crippen molar-refractivity contribution >= 4 is 33.6 Å². The van der Waals surface area contributed by atoms with Crippen LogP contribution >= 0.6 is 11.8 Å². The summed E-state index contributed by atoms with van der Waals surface area (Å²) in [6, 6.07) is -0.399. The Balaban J connectivity index is 2.82. The van der Waals surface area contributed by atoms with Crippen LogP contribution in [-0.4, -0.2) is 78.1 Å². The minimum absolute atomic E-state index is 0.0881. The molecule has 0 aromatic carbocycles. The normalized spacial score (nSPS) is 19.7. The lowest BCUT2D eigenvalue weighted by Gasteiger charge is -2.37. The van der Waals surface area contributed by atoms with Gasteiger partial charge in [-0.2, -0.15) is 11.8 Å². The SMILES string of the molecule is CCN(CCC(=O)O)C(=O)N1CCSCC1S(C)(=O)=O. The minimum Gasteiger partial charge on any atom is -0.481 e. The summed E-state index contributed by atoms with van der Waals surface area (Å²) in [6.07, 6.45) is 0.975. The maximum absolute atomic E-state index is 12.4. The van der Waals surface area contributed by atoms with Gasteiger partial charge in [0.25, 0.3) is 0 Å². The van der Waals surface area contributed by atoms with E-state index in [1.807, 2.05) is 0 Å². The van der Waals surface area contributed by atoms with Crippen LogP contribution < -0.4 is 0 Å². The number of aliphatic carboxylic acids is 1. The Labute approximate surface area is 123 Å². The van der Waals surface area contributed by atoms with Gasteiger partial charge < -0.3 is 14.9 Å². The smallest absolute Gasteiger partial charge is 0.321 e. The molecular weight excluding hydrogens is 304 g/mol. The molecule has 0 aromatic rings. The van der Waals surface area contributed by atoms with Gasteiger partial charge in [0.1, 0.15) is 5.37 Å². The number of thioether (sulfide) groups is 1. The van der Waals surface area contributed by atoms with Gasteiger partial charge >= 0.3 is 12.0 Å². The molecule has 0 radical (unpaired) electrons. The molecule has 1 atom stereocenters. The third-order valence-corrected chi connectivity index (χ3v) is 5.72. The molecule has 0 aliphatic carbocycles. The molecule has 7 nitrogen and oxygen atoms in total. The van der Waals surface area contributed by atoms with Gasteiger partial charge in [0, 0.05) is 37.4 Å². The maximum Gasteiger partial charge on any atom is 0.321 e. The topological polar surface area (TPSA) is 95.0 Å². The van der Waals surface area contributed by atoms with Crippen LogP contribution in [0.3, 0.4) is 0 Å². The van der Waals surface area contributed by atoms with Gasteiger partial charge in [-0.05, 0) is 6.92 Å². The second kappa shape index (κ2) is 7.16. The van der Waals surface area contributed by atoms with Gasteiger partial charge in [-0.15, -0.1) is 0 Å². The zero-order valence-corrected chi connectivity index (χ0v) is 13.2. The van der Waals surface area contributed by atoms with E-state index in [-0.39, 0.29) is 13.0 Å². The van der Waals surface area contributed by atoms with E-state index in [9.17, 15) is 18.0 Å². The van der Waals surface area contributed by atoms with E-state index < -0.39 is 27.2 Å². The van der Waals surface area contributed by atoms with Crippen LogP contribution in [0, 0.1) is 0 Å². The molecule has 0 bridgehead atoms. The number of amides is 2. The highest BCUT2D eigenvalue weighted by atomic mass is 32.2. The van der Waals surface area contributed by atoms with Crippen LogP contribution in [0.5, 0.6) is 0 Å². The molecule has 9 heteroatoms. The van der Waals surface area contributed by atoms with Crippen molar-refractivity contribution in [3.63, 3.8) is 0 Å². The Morgan fingerprint density at radius 2 is 2.10 bits per heavy atom. The van der Waals surface area contributed by atoms with Crippen LogP contribution in [-0.2, 0) is 14.6 Å². The highest BCUT2D eigenvalue weighted by Gasteiger charge is 2.35. The Morgan fingerprint density at radius 3 is 2.60 bits per heavy atom. The zero-order valence-electron chi connectivity index (χ0n) is 11.6. The third-order valence-electron chi connectivity index (χ3n) is 3.07. The predicted molar refractivity (Wildman–Crippen MR) is 77.6 cm³/mol. The van der Waals surface area contributed by atoms with Crippen molar-refractivity contribution in [1.82, 2.24) is 9.80 Å². The van der Waals surface area contributed by atoms with Crippen LogP contribution in [0.2, 0.25) is 0 Å². The van der Waals surface area contributed by atoms with Crippen molar-refractivity contribution in [2.24, 2.45) is 0 Å². The summed E-state index contributed by atoms with van der Waals surface area (Å²) in [5.41, 5.74) is 0. The summed E-state index contributed by atoms with van der Waals surface area (Å²) < 4.78 is 23.5. The lowest BCUT2D eigenvalue weighted by atomic mass is 10.4. The van der Waals surface area contributed by atoms with Crippen molar-refractivity contribution in [2.45, 2.75) is 18.7 Å². The molecule has 0 aromatic heterocycles. The standard InChI is InChI=1S/C11H20N2O5S2/c1-3-12(5-4-10(14)15)11(16)13-6-7-19-8-9(13)20(2,17)18/h9H,3-8H2,1-2H3,(H,14,15). The monoisotopic (exact) mass is 324 g/mol. The third kappa shape index (κ3) is 4.55. The van der Waals surface area contributed by atoms with E-state index in [0.29, 0.717) is 24.6 Å². The molecule has 0 spiro atoms. The van der Waals surface area contributed by atoms with Crippen molar-refractivity contribution in [3.05, 3.63) is 0 Å². The molecule has 0 saturated carbocycles. The highest BCUT2D eigenvalue weighted by Crippen LogP contribution is 2.21. The fourth-order valence-electron chi connectivity index (χ4n) is 1.96. The van der Waals surface area contributed by atoms with Crippen LogP contribution in [0.25, 0.3) is 0 Å². The summed E-state index contributed by atoms with van der Waals surface area (Å²) >= 11 is 1.50. The van der Waals surface area contributed by atoms with Crippen LogP contribution in [0.1, 0.15) is 13.3 Å². The average Bonchev–Trinajstić information content (AvgIpc) is 2.38. The largest absolute Gasteiger partial charge is 0.481 e. The number of hydrogen-bond donors (Lipinski definition) is 1. The number of carboxylic acids is 1. The van der Waals surface area contributed by atoms with Gasteiger partial charge in [-0.3, -0.25) is 4.79 Å². The average molecular weight is 324 g/mol. The van der Waals surface area contributed by atoms with Crippen LogP contribution in [0.15, 0.2) is 0 Å². The summed E-state index contributed by atoms with van der Waals surface area (Å²) in [6.45, 7) is 2.55. The van der Waals surface area contributed by atoms with E-state index in [0.717, 1.165) is 6.26 Å². The number of nitrogens with zero attached hydrogens (tertiary/aromatic N) is 2. The van der Waals surface area contributed by atoms with Gasteiger partial charge in [0.15, 0.2) is 9.84 Å². The van der Waals surface area contributed by atoms with Crippen molar-refractivity contribution in [1.29, 1.82) is 0 Å². The molecular formula is C11H20N2O5S2. The van der Waals surface area contributed by atoms with Crippen molar-refractivity contribution in [3.8, 4) is 0 Å². The number of urea groups is 1. The number of hydrogen-bond acceptors (Lipinski definition) is 5. The first kappa shape index (κ1) is 17.1. The summed E-state index contributed by atoms with van der Waals surface area (Å²) in [5, 5.41) is 7.85. The minimum atomic E-state index is -3.35. The molecule has 1 aliphatic heterocycles. The second-order valence-corrected chi connectivity index (χ2v) is 7.91. The number of rotatable bonds is 5. The molecule has 1 heterocycles. The molecule has 2 amide bonds. The fourth-order valence-corrected chi connectivity index (χ4v) is 4.77. The van der Waals surface area contributed by atoms with E-state index in [2.05, 4.69) is 0 Å². The van der Waals surface area contributed by atoms with Crippen molar-refractivity contribution in [2.75, 3.05) is 37.4 Å². The Bertz CT molecular complexity index is 465. The Kier molecular flexibility index (Phi) is 6.12. The van der Waals surface area contributed by atoms with E-state index in [1.165, 1.54) is 21.6 Å². The summed E-state index contributed by atoms with van der Waals surface area (Å²) in [7, 11) is -3.35.